The third-order valence-corrected chi connectivity index (χ3v) is 5.12. The quantitative estimate of drug-likeness (QED) is 0.658. The summed E-state index contributed by atoms with van der Waals surface area (Å²) in [6.07, 6.45) is -2.90. The Labute approximate surface area is 171 Å². The molecule has 1 fully saturated rings. The van der Waals surface area contributed by atoms with Gasteiger partial charge in [-0.2, -0.15) is 18.3 Å². The van der Waals surface area contributed by atoms with E-state index in [0.29, 0.717) is 17.1 Å². The van der Waals surface area contributed by atoms with Crippen LogP contribution in [-0.2, 0) is 17.5 Å². The Kier molecular flexibility index (Phi) is 4.91. The van der Waals surface area contributed by atoms with Crippen molar-refractivity contribution in [3.05, 3.63) is 46.8 Å². The molecule has 1 aromatic carbocycles. The van der Waals surface area contributed by atoms with Gasteiger partial charge in [0.25, 0.3) is 0 Å². The van der Waals surface area contributed by atoms with Crippen LogP contribution < -0.4 is 10.1 Å². The van der Waals surface area contributed by atoms with E-state index in [1.54, 1.807) is 12.1 Å². The van der Waals surface area contributed by atoms with Crippen molar-refractivity contribution in [1.29, 1.82) is 0 Å². The molecule has 0 unspecified atom stereocenters. The Hall–Kier alpha value is -3.10. The fraction of sp³-hybridized carbons (Fsp3) is 0.381. The summed E-state index contributed by atoms with van der Waals surface area (Å²) in [5.74, 6) is 0.0870. The average molecular weight is 418 g/mol. The van der Waals surface area contributed by atoms with Crippen molar-refractivity contribution in [2.24, 2.45) is 0 Å². The minimum Gasteiger partial charge on any atom is -0.495 e. The van der Waals surface area contributed by atoms with Crippen LogP contribution in [0.3, 0.4) is 0 Å². The molecule has 6 nitrogen and oxygen atoms in total. The molecule has 1 aliphatic carbocycles. The second-order valence-electron chi connectivity index (χ2n) is 7.56. The van der Waals surface area contributed by atoms with Crippen molar-refractivity contribution >= 4 is 22.6 Å². The summed E-state index contributed by atoms with van der Waals surface area (Å²) in [4.78, 5) is 17.1. The number of nitrogens with zero attached hydrogens (tertiary/aromatic N) is 3. The van der Waals surface area contributed by atoms with Gasteiger partial charge in [-0.15, -0.1) is 0 Å². The highest BCUT2D eigenvalue weighted by atomic mass is 19.4. The fourth-order valence-corrected chi connectivity index (χ4v) is 3.54. The monoisotopic (exact) mass is 418 g/mol. The summed E-state index contributed by atoms with van der Waals surface area (Å²) in [7, 11) is 1.49. The van der Waals surface area contributed by atoms with Crippen molar-refractivity contribution in [3.63, 3.8) is 0 Å². The molecular formula is C21H21F3N4O2. The first kappa shape index (κ1) is 20.2. The second-order valence-corrected chi connectivity index (χ2v) is 7.56. The van der Waals surface area contributed by atoms with Crippen LogP contribution in [0, 0.1) is 13.8 Å². The van der Waals surface area contributed by atoms with Gasteiger partial charge in [0.1, 0.15) is 12.3 Å². The standard InChI is InChI=1S/C21H21F3N4O2/c1-11-4-7-17(30-3)16(8-11)25-18(29)10-28-20-19(12(2)27-28)14(21(22,23)24)9-15(26-20)13-5-6-13/h4,7-9,13H,5-6,10H2,1-3H3,(H,25,29). The molecular weight excluding hydrogens is 397 g/mol. The molecule has 4 rings (SSSR count). The van der Waals surface area contributed by atoms with Crippen LogP contribution in [0.4, 0.5) is 18.9 Å². The van der Waals surface area contributed by atoms with Gasteiger partial charge in [-0.3, -0.25) is 4.79 Å². The Balaban J connectivity index is 1.70. The molecule has 1 aliphatic rings. The molecule has 2 aromatic heterocycles. The molecule has 1 amide bonds. The van der Waals surface area contributed by atoms with E-state index in [4.69, 9.17) is 4.74 Å². The molecule has 0 spiro atoms. The van der Waals surface area contributed by atoms with E-state index < -0.39 is 17.6 Å². The highest BCUT2D eigenvalue weighted by molar-refractivity contribution is 5.93. The van der Waals surface area contributed by atoms with Crippen molar-refractivity contribution in [1.82, 2.24) is 14.8 Å². The van der Waals surface area contributed by atoms with E-state index >= 15 is 0 Å². The predicted molar refractivity (Wildman–Crippen MR) is 106 cm³/mol. The van der Waals surface area contributed by atoms with Crippen LogP contribution in [0.25, 0.3) is 11.0 Å². The first-order valence-corrected chi connectivity index (χ1v) is 9.57. The number of nitrogens with one attached hydrogen (secondary N) is 1. The predicted octanol–water partition coefficient (Wildman–Crippen LogP) is 4.59. The number of methoxy groups -OCH3 is 1. The minimum atomic E-state index is -4.53. The van der Waals surface area contributed by atoms with Gasteiger partial charge < -0.3 is 10.1 Å². The maximum atomic E-state index is 13.7. The summed E-state index contributed by atoms with van der Waals surface area (Å²) in [5, 5.41) is 6.87. The van der Waals surface area contributed by atoms with Crippen molar-refractivity contribution < 1.29 is 22.7 Å². The Morgan fingerprint density at radius 2 is 2.00 bits per heavy atom. The number of carbonyl (C=O) groups excluding carboxylic acids is 1. The van der Waals surface area contributed by atoms with E-state index in [0.717, 1.165) is 24.5 Å². The molecule has 30 heavy (non-hydrogen) atoms. The van der Waals surface area contributed by atoms with Gasteiger partial charge in [-0.05, 0) is 50.5 Å². The molecule has 1 N–H and O–H groups in total. The number of carbonyl (C=O) groups is 1. The van der Waals surface area contributed by atoms with Gasteiger partial charge in [0.2, 0.25) is 5.91 Å². The largest absolute Gasteiger partial charge is 0.495 e. The fourth-order valence-electron chi connectivity index (χ4n) is 3.54. The lowest BCUT2D eigenvalue weighted by Crippen LogP contribution is -2.20. The molecule has 0 aliphatic heterocycles. The lowest BCUT2D eigenvalue weighted by Gasteiger charge is -2.12. The van der Waals surface area contributed by atoms with E-state index in [2.05, 4.69) is 15.4 Å². The van der Waals surface area contributed by atoms with Crippen molar-refractivity contribution in [2.75, 3.05) is 12.4 Å². The number of hydrogen-bond acceptors (Lipinski definition) is 4. The van der Waals surface area contributed by atoms with E-state index in [-0.39, 0.29) is 29.2 Å². The molecule has 1 saturated carbocycles. The number of aryl methyl sites for hydroxylation is 2. The summed E-state index contributed by atoms with van der Waals surface area (Å²) in [6.45, 7) is 3.11. The number of alkyl halides is 3. The zero-order valence-corrected chi connectivity index (χ0v) is 16.8. The van der Waals surface area contributed by atoms with Crippen LogP contribution in [0.2, 0.25) is 0 Å². The number of fused-ring (bicyclic) bond motifs is 1. The molecule has 0 atom stereocenters. The number of pyridine rings is 1. The lowest BCUT2D eigenvalue weighted by molar-refractivity contribution is -0.136. The van der Waals surface area contributed by atoms with Gasteiger partial charge in [0.05, 0.1) is 29.4 Å². The first-order chi connectivity index (χ1) is 14.2. The zero-order valence-electron chi connectivity index (χ0n) is 16.8. The number of rotatable bonds is 5. The summed E-state index contributed by atoms with van der Waals surface area (Å²) >= 11 is 0. The topological polar surface area (TPSA) is 69.0 Å². The number of amides is 1. The molecule has 2 heterocycles. The average Bonchev–Trinajstić information content (AvgIpc) is 3.47. The van der Waals surface area contributed by atoms with E-state index in [9.17, 15) is 18.0 Å². The summed E-state index contributed by atoms with van der Waals surface area (Å²) in [5.41, 5.74) is 1.33. The third kappa shape index (κ3) is 3.83. The van der Waals surface area contributed by atoms with Gasteiger partial charge >= 0.3 is 6.18 Å². The summed E-state index contributed by atoms with van der Waals surface area (Å²) < 4.78 is 47.5. The van der Waals surface area contributed by atoms with E-state index in [1.807, 2.05) is 13.0 Å². The van der Waals surface area contributed by atoms with Gasteiger partial charge in [-0.25, -0.2) is 9.67 Å². The number of hydrogen-bond donors (Lipinski definition) is 1. The lowest BCUT2D eigenvalue weighted by atomic mass is 10.1. The van der Waals surface area contributed by atoms with Crippen molar-refractivity contribution in [2.45, 2.75) is 45.3 Å². The smallest absolute Gasteiger partial charge is 0.417 e. The highest BCUT2D eigenvalue weighted by Crippen LogP contribution is 2.43. The number of aromatic nitrogens is 3. The first-order valence-electron chi connectivity index (χ1n) is 9.57. The highest BCUT2D eigenvalue weighted by Gasteiger charge is 2.37. The molecule has 0 bridgehead atoms. The molecule has 0 saturated heterocycles. The summed E-state index contributed by atoms with van der Waals surface area (Å²) in [6, 6.07) is 6.46. The second kappa shape index (κ2) is 7.30. The molecule has 0 radical (unpaired) electrons. The van der Waals surface area contributed by atoms with Crippen LogP contribution >= 0.6 is 0 Å². The van der Waals surface area contributed by atoms with E-state index in [1.165, 1.54) is 18.7 Å². The van der Waals surface area contributed by atoms with Crippen LogP contribution in [0.5, 0.6) is 5.75 Å². The van der Waals surface area contributed by atoms with Crippen molar-refractivity contribution in [3.8, 4) is 5.75 Å². The van der Waals surface area contributed by atoms with Crippen LogP contribution in [0.15, 0.2) is 24.3 Å². The third-order valence-electron chi connectivity index (χ3n) is 5.12. The van der Waals surface area contributed by atoms with Crippen LogP contribution in [-0.4, -0.2) is 27.8 Å². The Bertz CT molecular complexity index is 1130. The molecule has 158 valence electrons. The maximum Gasteiger partial charge on any atom is 0.417 e. The number of anilines is 1. The number of benzene rings is 1. The molecule has 3 aromatic rings. The Morgan fingerprint density at radius 1 is 1.27 bits per heavy atom. The molecule has 9 heteroatoms. The minimum absolute atomic E-state index is 0.0320. The van der Waals surface area contributed by atoms with Gasteiger partial charge in [-0.1, -0.05) is 6.07 Å². The normalized spacial score (nSPS) is 14.2. The van der Waals surface area contributed by atoms with Gasteiger partial charge in [0, 0.05) is 11.6 Å². The maximum absolute atomic E-state index is 13.7. The number of ether oxygens (including phenoxy) is 1. The number of halogens is 3. The van der Waals surface area contributed by atoms with Gasteiger partial charge in [0.15, 0.2) is 5.65 Å². The van der Waals surface area contributed by atoms with Crippen LogP contribution in [0.1, 0.15) is 41.3 Å². The SMILES string of the molecule is COc1ccc(C)cc1NC(=O)Cn1nc(C)c2c(C(F)(F)F)cc(C3CC3)nc21. The zero-order chi connectivity index (χ0) is 21.6. The Morgan fingerprint density at radius 3 is 2.63 bits per heavy atom.